The van der Waals surface area contributed by atoms with E-state index in [-0.39, 0.29) is 0 Å². The van der Waals surface area contributed by atoms with Gasteiger partial charge >= 0.3 is 0 Å². The second-order valence-corrected chi connectivity index (χ2v) is 3.47. The van der Waals surface area contributed by atoms with Gasteiger partial charge in [-0.25, -0.2) is 0 Å². The van der Waals surface area contributed by atoms with Crippen molar-refractivity contribution in [3.63, 3.8) is 0 Å². The van der Waals surface area contributed by atoms with Crippen molar-refractivity contribution in [1.82, 2.24) is 5.32 Å². The van der Waals surface area contributed by atoms with Crippen LogP contribution in [0, 0.1) is 0 Å². The highest BCUT2D eigenvalue weighted by molar-refractivity contribution is 6.18. The largest absolute Gasteiger partial charge is 0.383 e. The number of nitrogens with one attached hydrogen (secondary N) is 1. The maximum atomic E-state index is 5.75. The van der Waals surface area contributed by atoms with Crippen molar-refractivity contribution in [3.05, 3.63) is 0 Å². The van der Waals surface area contributed by atoms with Gasteiger partial charge in [-0.15, -0.1) is 11.6 Å². The summed E-state index contributed by atoms with van der Waals surface area (Å²) in [4.78, 5) is 0. The van der Waals surface area contributed by atoms with Crippen LogP contribution in [0.2, 0.25) is 0 Å². The maximum Gasteiger partial charge on any atom is 0.0627 e. The van der Waals surface area contributed by atoms with Crippen LogP contribution in [0.4, 0.5) is 0 Å². The summed E-state index contributed by atoms with van der Waals surface area (Å²) in [5, 5.41) is 3.41. The van der Waals surface area contributed by atoms with Crippen molar-refractivity contribution in [1.29, 1.82) is 0 Å². The van der Waals surface area contributed by atoms with Crippen LogP contribution in [0.1, 0.15) is 26.7 Å². The van der Waals surface area contributed by atoms with E-state index in [9.17, 15) is 0 Å². The van der Waals surface area contributed by atoms with Crippen LogP contribution in [0.15, 0.2) is 0 Å². The minimum Gasteiger partial charge on any atom is -0.383 e. The lowest BCUT2D eigenvalue weighted by atomic mass is 10.2. The summed E-state index contributed by atoms with van der Waals surface area (Å²) < 4.78 is 5.03. The molecule has 0 amide bonds. The Bertz CT molecular complexity index is 101. The summed E-state index contributed by atoms with van der Waals surface area (Å²) in [7, 11) is 1.70. The molecule has 12 heavy (non-hydrogen) atoms. The molecule has 0 aliphatic rings. The molecular weight excluding hydrogens is 174 g/mol. The summed E-state index contributed by atoms with van der Waals surface area (Å²) in [6.45, 7) is 5.06. The number of hydrogen-bond acceptors (Lipinski definition) is 2. The smallest absolute Gasteiger partial charge is 0.0627 e. The lowest BCUT2D eigenvalue weighted by Crippen LogP contribution is -2.40. The van der Waals surface area contributed by atoms with Crippen molar-refractivity contribution < 1.29 is 4.74 Å². The molecule has 0 aliphatic heterocycles. The van der Waals surface area contributed by atoms with Gasteiger partial charge in [-0.2, -0.15) is 0 Å². The number of hydrogen-bond donors (Lipinski definition) is 1. The molecular formula is C9H20ClNO. The second kappa shape index (κ2) is 7.84. The van der Waals surface area contributed by atoms with Crippen LogP contribution in [0.3, 0.4) is 0 Å². The Labute approximate surface area is 80.6 Å². The van der Waals surface area contributed by atoms with Gasteiger partial charge in [-0.05, 0) is 13.3 Å². The number of rotatable bonds is 7. The molecule has 1 N–H and O–H groups in total. The Morgan fingerprint density at radius 1 is 1.50 bits per heavy atom. The zero-order valence-corrected chi connectivity index (χ0v) is 9.03. The van der Waals surface area contributed by atoms with E-state index in [4.69, 9.17) is 16.3 Å². The first-order valence-electron chi connectivity index (χ1n) is 4.55. The van der Waals surface area contributed by atoms with Gasteiger partial charge in [0.2, 0.25) is 0 Å². The minimum absolute atomic E-state index is 0.290. The molecule has 74 valence electrons. The zero-order valence-electron chi connectivity index (χ0n) is 8.27. The molecule has 0 saturated carbocycles. The second-order valence-electron chi connectivity index (χ2n) is 3.16. The van der Waals surface area contributed by atoms with Gasteiger partial charge in [-0.3, -0.25) is 0 Å². The molecule has 0 spiro atoms. The van der Waals surface area contributed by atoms with E-state index in [1.807, 2.05) is 0 Å². The van der Waals surface area contributed by atoms with E-state index in [0.29, 0.717) is 24.6 Å². The van der Waals surface area contributed by atoms with Crippen LogP contribution in [0.25, 0.3) is 0 Å². The number of ether oxygens (including phenoxy) is 1. The average molecular weight is 194 g/mol. The van der Waals surface area contributed by atoms with Gasteiger partial charge < -0.3 is 10.1 Å². The van der Waals surface area contributed by atoms with Crippen molar-refractivity contribution in [3.8, 4) is 0 Å². The molecule has 0 aromatic carbocycles. The summed E-state index contributed by atoms with van der Waals surface area (Å²) in [5.41, 5.74) is 0. The lowest BCUT2D eigenvalue weighted by molar-refractivity contribution is 0.168. The van der Waals surface area contributed by atoms with Crippen LogP contribution in [-0.2, 0) is 4.74 Å². The van der Waals surface area contributed by atoms with E-state index < -0.39 is 0 Å². The summed E-state index contributed by atoms with van der Waals surface area (Å²) >= 11 is 5.75. The highest BCUT2D eigenvalue weighted by Crippen LogP contribution is 1.98. The normalized spacial score (nSPS) is 16.0. The Hall–Kier alpha value is 0.210. The van der Waals surface area contributed by atoms with Crippen molar-refractivity contribution >= 4 is 11.6 Å². The van der Waals surface area contributed by atoms with E-state index >= 15 is 0 Å². The molecule has 2 atom stereocenters. The number of halogens is 1. The average Bonchev–Trinajstić information content (AvgIpc) is 2.04. The van der Waals surface area contributed by atoms with Crippen LogP contribution in [0.5, 0.6) is 0 Å². The molecule has 0 aliphatic carbocycles. The summed E-state index contributed by atoms with van der Waals surface area (Å²) in [6.07, 6.45) is 2.40. The third-order valence-electron chi connectivity index (χ3n) is 1.80. The molecule has 0 aromatic heterocycles. The van der Waals surface area contributed by atoms with Gasteiger partial charge in [0.05, 0.1) is 6.61 Å². The molecule has 3 heteroatoms. The highest BCUT2D eigenvalue weighted by Gasteiger charge is 2.09. The third kappa shape index (κ3) is 5.81. The fourth-order valence-electron chi connectivity index (χ4n) is 1.26. The van der Waals surface area contributed by atoms with E-state index in [2.05, 4.69) is 19.2 Å². The molecule has 0 rings (SSSR count). The quantitative estimate of drug-likeness (QED) is 0.625. The molecule has 0 bridgehead atoms. The van der Waals surface area contributed by atoms with Crippen LogP contribution < -0.4 is 5.32 Å². The molecule has 0 fully saturated rings. The predicted molar refractivity (Wildman–Crippen MR) is 53.9 cm³/mol. The number of methoxy groups -OCH3 is 1. The van der Waals surface area contributed by atoms with Crippen molar-refractivity contribution in [2.45, 2.75) is 38.8 Å². The third-order valence-corrected chi connectivity index (χ3v) is 2.17. The zero-order chi connectivity index (χ0) is 9.40. The Morgan fingerprint density at radius 2 is 2.17 bits per heavy atom. The van der Waals surface area contributed by atoms with Gasteiger partial charge in [-0.1, -0.05) is 13.3 Å². The molecule has 0 heterocycles. The molecule has 0 radical (unpaired) electrons. The first-order valence-corrected chi connectivity index (χ1v) is 5.09. The molecule has 0 aromatic rings. The molecule has 2 unspecified atom stereocenters. The SMILES string of the molecule is CCCC(C)NC(CCl)COC. The lowest BCUT2D eigenvalue weighted by Gasteiger charge is -2.20. The standard InChI is InChI=1S/C9H20ClNO/c1-4-5-8(2)11-9(6-10)7-12-3/h8-9,11H,4-7H2,1-3H3. The summed E-state index contributed by atoms with van der Waals surface area (Å²) in [6, 6.07) is 0.826. The first kappa shape index (κ1) is 12.2. The predicted octanol–water partition coefficient (Wildman–Crippen LogP) is 2.02. The van der Waals surface area contributed by atoms with Crippen molar-refractivity contribution in [2.24, 2.45) is 0 Å². The van der Waals surface area contributed by atoms with Gasteiger partial charge in [0.1, 0.15) is 0 Å². The minimum atomic E-state index is 0.290. The van der Waals surface area contributed by atoms with Crippen molar-refractivity contribution in [2.75, 3.05) is 19.6 Å². The maximum absolute atomic E-state index is 5.75. The fraction of sp³-hybridized carbons (Fsp3) is 1.00. The first-order chi connectivity index (χ1) is 5.74. The van der Waals surface area contributed by atoms with Gasteiger partial charge in [0, 0.05) is 25.1 Å². The van der Waals surface area contributed by atoms with Crippen LogP contribution >= 0.6 is 11.6 Å². The van der Waals surface area contributed by atoms with E-state index in [1.54, 1.807) is 7.11 Å². The summed E-state index contributed by atoms with van der Waals surface area (Å²) in [5.74, 6) is 0.613. The molecule has 0 saturated heterocycles. The van der Waals surface area contributed by atoms with Gasteiger partial charge in [0.25, 0.3) is 0 Å². The fourth-order valence-corrected chi connectivity index (χ4v) is 1.44. The molecule has 2 nitrogen and oxygen atoms in total. The van der Waals surface area contributed by atoms with E-state index in [0.717, 1.165) is 0 Å². The Kier molecular flexibility index (Phi) is 7.98. The van der Waals surface area contributed by atoms with E-state index in [1.165, 1.54) is 12.8 Å². The van der Waals surface area contributed by atoms with Gasteiger partial charge in [0.15, 0.2) is 0 Å². The van der Waals surface area contributed by atoms with Crippen LogP contribution in [-0.4, -0.2) is 31.7 Å². The highest BCUT2D eigenvalue weighted by atomic mass is 35.5. The topological polar surface area (TPSA) is 21.3 Å². The number of alkyl halides is 1. The monoisotopic (exact) mass is 193 g/mol. The Morgan fingerprint density at radius 3 is 2.58 bits per heavy atom. The Balaban J connectivity index is 3.53.